The average molecular weight is 386 g/mol. The van der Waals surface area contributed by atoms with E-state index in [2.05, 4.69) is 22.8 Å². The summed E-state index contributed by atoms with van der Waals surface area (Å²) in [6, 6.07) is 18.8. The molecule has 1 aliphatic heterocycles. The van der Waals surface area contributed by atoms with Crippen molar-refractivity contribution in [1.29, 1.82) is 10.5 Å². The van der Waals surface area contributed by atoms with Crippen LogP contribution < -0.4 is 10.6 Å². The summed E-state index contributed by atoms with van der Waals surface area (Å²) in [7, 11) is 0. The lowest BCUT2D eigenvalue weighted by atomic mass is 10.00. The van der Waals surface area contributed by atoms with Crippen LogP contribution in [0.1, 0.15) is 24.5 Å². The van der Waals surface area contributed by atoms with Crippen LogP contribution >= 0.6 is 0 Å². The molecule has 1 amide bonds. The second kappa shape index (κ2) is 9.43. The van der Waals surface area contributed by atoms with Crippen molar-refractivity contribution in [2.45, 2.75) is 25.8 Å². The van der Waals surface area contributed by atoms with Gasteiger partial charge in [-0.2, -0.15) is 10.5 Å². The first kappa shape index (κ1) is 20.0. The van der Waals surface area contributed by atoms with Gasteiger partial charge in [-0.15, -0.1) is 0 Å². The van der Waals surface area contributed by atoms with Crippen LogP contribution in [0.15, 0.2) is 60.0 Å². The Hall–Kier alpha value is -3.77. The van der Waals surface area contributed by atoms with Crippen LogP contribution in [0.25, 0.3) is 11.1 Å². The largest absolute Gasteiger partial charge is 0.486 e. The first-order valence-electron chi connectivity index (χ1n) is 9.48. The van der Waals surface area contributed by atoms with Gasteiger partial charge in [0.2, 0.25) is 5.76 Å². The molecule has 29 heavy (non-hydrogen) atoms. The molecule has 0 saturated carbocycles. The van der Waals surface area contributed by atoms with Crippen LogP contribution in [-0.2, 0) is 16.0 Å². The van der Waals surface area contributed by atoms with Crippen LogP contribution in [0.5, 0.6) is 0 Å². The zero-order valence-corrected chi connectivity index (χ0v) is 16.2. The van der Waals surface area contributed by atoms with Crippen molar-refractivity contribution in [1.82, 2.24) is 10.6 Å². The molecule has 1 aliphatic rings. The van der Waals surface area contributed by atoms with Crippen LogP contribution in [-0.4, -0.2) is 25.1 Å². The normalized spacial score (nSPS) is 14.4. The fourth-order valence-corrected chi connectivity index (χ4v) is 3.11. The van der Waals surface area contributed by atoms with E-state index in [4.69, 9.17) is 10.00 Å². The first-order valence-corrected chi connectivity index (χ1v) is 9.48. The Morgan fingerprint density at radius 2 is 1.79 bits per heavy atom. The summed E-state index contributed by atoms with van der Waals surface area (Å²) in [6.07, 6.45) is 1.22. The van der Waals surface area contributed by atoms with Gasteiger partial charge in [0.25, 0.3) is 5.91 Å². The average Bonchev–Trinajstić information content (AvgIpc) is 2.98. The van der Waals surface area contributed by atoms with Gasteiger partial charge in [-0.3, -0.25) is 4.79 Å². The summed E-state index contributed by atoms with van der Waals surface area (Å²) in [6.45, 7) is 3.03. The van der Waals surface area contributed by atoms with Gasteiger partial charge in [-0.1, -0.05) is 36.4 Å². The van der Waals surface area contributed by atoms with E-state index in [9.17, 15) is 10.1 Å². The highest BCUT2D eigenvalue weighted by molar-refractivity contribution is 5.92. The van der Waals surface area contributed by atoms with E-state index in [1.54, 1.807) is 19.1 Å². The van der Waals surface area contributed by atoms with E-state index in [-0.39, 0.29) is 11.7 Å². The van der Waals surface area contributed by atoms with Crippen molar-refractivity contribution >= 4 is 5.91 Å². The molecule has 6 heteroatoms. The minimum atomic E-state index is -0.657. The van der Waals surface area contributed by atoms with Gasteiger partial charge in [-0.25, -0.2) is 0 Å². The van der Waals surface area contributed by atoms with E-state index in [0.717, 1.165) is 29.7 Å². The van der Waals surface area contributed by atoms with Crippen molar-refractivity contribution in [2.24, 2.45) is 0 Å². The van der Waals surface area contributed by atoms with E-state index < -0.39 is 6.04 Å². The minimum Gasteiger partial charge on any atom is -0.486 e. The van der Waals surface area contributed by atoms with E-state index in [1.165, 1.54) is 0 Å². The Balaban J connectivity index is 1.65. The summed E-state index contributed by atoms with van der Waals surface area (Å²) in [5, 5.41) is 24.3. The Labute approximate surface area is 170 Å². The Morgan fingerprint density at radius 3 is 2.41 bits per heavy atom. The Morgan fingerprint density at radius 1 is 1.14 bits per heavy atom. The van der Waals surface area contributed by atoms with Gasteiger partial charge in [0, 0.05) is 13.0 Å². The third-order valence-electron chi connectivity index (χ3n) is 4.71. The van der Waals surface area contributed by atoms with Gasteiger partial charge in [0.15, 0.2) is 0 Å². The number of nitrogens with one attached hydrogen (secondary N) is 2. The molecular weight excluding hydrogens is 364 g/mol. The second-order valence-corrected chi connectivity index (χ2v) is 6.83. The predicted octanol–water partition coefficient (Wildman–Crippen LogP) is 3.02. The van der Waals surface area contributed by atoms with Crippen LogP contribution in [0.4, 0.5) is 0 Å². The molecule has 3 rings (SSSR count). The maximum absolute atomic E-state index is 12.5. The molecule has 0 spiro atoms. The van der Waals surface area contributed by atoms with E-state index >= 15 is 0 Å². The number of carbonyl (C=O) groups excluding carboxylic acids is 1. The van der Waals surface area contributed by atoms with Crippen molar-refractivity contribution < 1.29 is 9.53 Å². The molecule has 2 N–H and O–H groups in total. The van der Waals surface area contributed by atoms with Gasteiger partial charge < -0.3 is 15.4 Å². The first-order chi connectivity index (χ1) is 14.1. The zero-order valence-electron chi connectivity index (χ0n) is 16.2. The standard InChI is InChI=1S/C23H22N4O2/c1-16-22(29-12-2-11-26-16)23(28)27-21(15-25)13-17-3-7-19(8-4-17)20-9-5-18(14-24)6-10-20/h3-10,21,26H,2,11-13H2,1H3,(H,27,28)/t21-/m0/s1. The highest BCUT2D eigenvalue weighted by Crippen LogP contribution is 2.21. The summed E-state index contributed by atoms with van der Waals surface area (Å²) < 4.78 is 5.53. The fraction of sp³-hybridized carbons (Fsp3) is 0.261. The smallest absolute Gasteiger partial charge is 0.289 e. The number of rotatable bonds is 5. The molecule has 2 aromatic carbocycles. The fourth-order valence-electron chi connectivity index (χ4n) is 3.11. The molecule has 0 unspecified atom stereocenters. The zero-order chi connectivity index (χ0) is 20.6. The van der Waals surface area contributed by atoms with Gasteiger partial charge in [0.1, 0.15) is 6.04 Å². The number of hydrogen-bond donors (Lipinski definition) is 2. The highest BCUT2D eigenvalue weighted by Gasteiger charge is 2.20. The predicted molar refractivity (Wildman–Crippen MR) is 109 cm³/mol. The molecule has 2 aromatic rings. The summed E-state index contributed by atoms with van der Waals surface area (Å²) in [5.74, 6) is -0.128. The number of amides is 1. The molecule has 0 radical (unpaired) electrons. The van der Waals surface area contributed by atoms with Crippen molar-refractivity contribution in [3.8, 4) is 23.3 Å². The summed E-state index contributed by atoms with van der Waals surface area (Å²) in [4.78, 5) is 12.5. The molecule has 6 nitrogen and oxygen atoms in total. The number of allylic oxidation sites excluding steroid dienone is 1. The number of nitriles is 2. The molecule has 0 bridgehead atoms. The molecule has 0 aromatic heterocycles. The maximum atomic E-state index is 12.5. The second-order valence-electron chi connectivity index (χ2n) is 6.83. The molecule has 146 valence electrons. The van der Waals surface area contributed by atoms with Crippen molar-refractivity contribution in [3.05, 3.63) is 71.1 Å². The Kier molecular flexibility index (Phi) is 6.50. The van der Waals surface area contributed by atoms with Crippen LogP contribution in [0.3, 0.4) is 0 Å². The van der Waals surface area contributed by atoms with Crippen LogP contribution in [0.2, 0.25) is 0 Å². The maximum Gasteiger partial charge on any atom is 0.289 e. The number of benzene rings is 2. The van der Waals surface area contributed by atoms with Gasteiger partial charge in [0.05, 0.1) is 30.0 Å². The number of nitrogens with zero attached hydrogens (tertiary/aromatic N) is 2. The lowest BCUT2D eigenvalue weighted by Crippen LogP contribution is -2.37. The highest BCUT2D eigenvalue weighted by atomic mass is 16.5. The van der Waals surface area contributed by atoms with Crippen LogP contribution in [0, 0.1) is 22.7 Å². The van der Waals surface area contributed by atoms with E-state index in [0.29, 0.717) is 24.3 Å². The summed E-state index contributed by atoms with van der Waals surface area (Å²) in [5.41, 5.74) is 4.29. The molecular formula is C23H22N4O2. The third-order valence-corrected chi connectivity index (χ3v) is 4.71. The third kappa shape index (κ3) is 5.15. The van der Waals surface area contributed by atoms with Crippen molar-refractivity contribution in [3.63, 3.8) is 0 Å². The molecule has 1 atom stereocenters. The quantitative estimate of drug-likeness (QED) is 0.823. The monoisotopic (exact) mass is 386 g/mol. The number of carbonyl (C=O) groups is 1. The van der Waals surface area contributed by atoms with Gasteiger partial charge in [-0.05, 0) is 42.2 Å². The summed E-state index contributed by atoms with van der Waals surface area (Å²) >= 11 is 0. The number of hydrogen-bond acceptors (Lipinski definition) is 5. The topological polar surface area (TPSA) is 97.9 Å². The van der Waals surface area contributed by atoms with Gasteiger partial charge >= 0.3 is 0 Å². The van der Waals surface area contributed by atoms with Crippen molar-refractivity contribution in [2.75, 3.05) is 13.2 Å². The Bertz CT molecular complexity index is 980. The number of ether oxygens (including phenoxy) is 1. The molecule has 0 fully saturated rings. The minimum absolute atomic E-state index is 0.249. The molecule has 1 heterocycles. The lowest BCUT2D eigenvalue weighted by molar-refractivity contribution is -0.121. The van der Waals surface area contributed by atoms with E-state index in [1.807, 2.05) is 36.4 Å². The molecule has 0 aliphatic carbocycles. The lowest BCUT2D eigenvalue weighted by Gasteiger charge is -2.15. The molecule has 0 saturated heterocycles. The SMILES string of the molecule is CC1=C(C(=O)N[C@H](C#N)Cc2ccc(-c3ccc(C#N)cc3)cc2)OCCCN1.